The molecule has 0 bridgehead atoms. The van der Waals surface area contributed by atoms with Gasteiger partial charge < -0.3 is 9.26 Å². The zero-order valence-electron chi connectivity index (χ0n) is 15.8. The monoisotopic (exact) mass is 387 g/mol. The molecule has 0 aliphatic carbocycles. The van der Waals surface area contributed by atoms with Crippen molar-refractivity contribution in [1.29, 1.82) is 0 Å². The Labute approximate surface area is 160 Å². The Morgan fingerprint density at radius 2 is 1.78 bits per heavy atom. The molecule has 1 aliphatic rings. The fraction of sp³-hybridized carbons (Fsp3) is 0.381. The van der Waals surface area contributed by atoms with E-state index in [-0.39, 0.29) is 18.4 Å². The van der Waals surface area contributed by atoms with E-state index in [2.05, 4.69) is 6.92 Å². The van der Waals surface area contributed by atoms with Gasteiger partial charge in [-0.25, -0.2) is 0 Å². The normalized spacial score (nSPS) is 21.1. The molecule has 27 heavy (non-hydrogen) atoms. The molecule has 3 rings (SSSR count). The number of ether oxygens (including phenoxy) is 1. The molecule has 2 unspecified atom stereocenters. The zero-order chi connectivity index (χ0) is 19.3. The van der Waals surface area contributed by atoms with Crippen LogP contribution in [-0.2, 0) is 18.6 Å². The molecule has 5 nitrogen and oxygen atoms in total. The summed E-state index contributed by atoms with van der Waals surface area (Å²) in [4.78, 5) is 12.5. The molecular weight excluding hydrogens is 361 g/mol. The Balaban J connectivity index is 2.00. The highest BCUT2D eigenvalue weighted by molar-refractivity contribution is 7.69. The van der Waals surface area contributed by atoms with Crippen LogP contribution in [0.15, 0.2) is 54.6 Å². The number of benzene rings is 2. The highest BCUT2D eigenvalue weighted by atomic mass is 31.2. The van der Waals surface area contributed by atoms with Gasteiger partial charge in [-0.2, -0.15) is 0 Å². The lowest BCUT2D eigenvalue weighted by Gasteiger charge is -2.31. The highest BCUT2D eigenvalue weighted by Gasteiger charge is 2.48. The van der Waals surface area contributed by atoms with Gasteiger partial charge in [0, 0.05) is 5.69 Å². The fourth-order valence-electron chi connectivity index (χ4n) is 3.42. The van der Waals surface area contributed by atoms with Gasteiger partial charge >= 0.3 is 13.5 Å². The number of hydrogen-bond donors (Lipinski definition) is 0. The summed E-state index contributed by atoms with van der Waals surface area (Å²) in [5, 5.41) is 0.669. The van der Waals surface area contributed by atoms with Crippen LogP contribution < -0.4 is 9.97 Å². The van der Waals surface area contributed by atoms with E-state index >= 15 is 0 Å². The van der Waals surface area contributed by atoms with Gasteiger partial charge in [-0.1, -0.05) is 49.7 Å². The summed E-state index contributed by atoms with van der Waals surface area (Å²) in [6.45, 7) is 4.62. The Morgan fingerprint density at radius 3 is 2.48 bits per heavy atom. The number of hydrogen-bond acceptors (Lipinski definition) is 4. The molecule has 0 N–H and O–H groups in total. The van der Waals surface area contributed by atoms with Crippen molar-refractivity contribution in [1.82, 2.24) is 0 Å². The van der Waals surface area contributed by atoms with E-state index in [0.717, 1.165) is 24.1 Å². The Morgan fingerprint density at radius 1 is 1.07 bits per heavy atom. The highest BCUT2D eigenvalue weighted by Crippen LogP contribution is 2.62. The quantitative estimate of drug-likeness (QED) is 0.369. The number of anilines is 1. The maximum Gasteiger partial charge on any atom is 0.327 e. The van der Waals surface area contributed by atoms with Gasteiger partial charge in [0.05, 0.1) is 31.0 Å². The topological polar surface area (TPSA) is 55.8 Å². The SMILES string of the molecule is CCCCOC(=O)CC1c2ccccc2P(=O)(OCC)N1c1ccccc1. The maximum atomic E-state index is 14.0. The van der Waals surface area contributed by atoms with Gasteiger partial charge in [0.1, 0.15) is 0 Å². The summed E-state index contributed by atoms with van der Waals surface area (Å²) < 4.78 is 27.0. The molecule has 0 radical (unpaired) electrons. The molecule has 0 saturated carbocycles. The summed E-state index contributed by atoms with van der Waals surface area (Å²) in [5.41, 5.74) is 1.64. The van der Waals surface area contributed by atoms with Gasteiger partial charge in [-0.05, 0) is 37.1 Å². The van der Waals surface area contributed by atoms with Crippen LogP contribution in [0, 0.1) is 0 Å². The lowest BCUT2D eigenvalue weighted by Crippen LogP contribution is -2.24. The number of carbonyl (C=O) groups excluding carboxylic acids is 1. The van der Waals surface area contributed by atoms with Crippen LogP contribution in [0.4, 0.5) is 5.69 Å². The molecule has 0 fully saturated rings. The zero-order valence-corrected chi connectivity index (χ0v) is 16.7. The molecule has 2 atom stereocenters. The van der Waals surface area contributed by atoms with Gasteiger partial charge in [-0.3, -0.25) is 14.0 Å². The van der Waals surface area contributed by atoms with Gasteiger partial charge in [0.2, 0.25) is 0 Å². The molecule has 0 aromatic heterocycles. The van der Waals surface area contributed by atoms with Crippen LogP contribution in [0.2, 0.25) is 0 Å². The minimum Gasteiger partial charge on any atom is -0.466 e. The van der Waals surface area contributed by atoms with E-state index < -0.39 is 7.52 Å². The smallest absolute Gasteiger partial charge is 0.327 e. The summed E-state index contributed by atoms with van der Waals surface area (Å²) in [6.07, 6.45) is 1.94. The van der Waals surface area contributed by atoms with E-state index in [1.165, 1.54) is 0 Å². The molecule has 1 heterocycles. The third-order valence-corrected chi connectivity index (χ3v) is 7.33. The van der Waals surface area contributed by atoms with Crippen molar-refractivity contribution < 1.29 is 18.6 Å². The predicted octanol–water partition coefficient (Wildman–Crippen LogP) is 4.84. The predicted molar refractivity (Wildman–Crippen MR) is 107 cm³/mol. The van der Waals surface area contributed by atoms with Crippen LogP contribution >= 0.6 is 7.52 Å². The summed E-state index contributed by atoms with van der Waals surface area (Å²) in [6, 6.07) is 16.6. The van der Waals surface area contributed by atoms with Crippen LogP contribution in [0.3, 0.4) is 0 Å². The Bertz CT molecular complexity index is 824. The molecule has 2 aromatic carbocycles. The van der Waals surface area contributed by atoms with E-state index in [1.54, 1.807) is 4.67 Å². The number of unbranched alkanes of at least 4 members (excludes halogenated alkanes) is 1. The van der Waals surface area contributed by atoms with Crippen molar-refractivity contribution in [3.05, 3.63) is 60.2 Å². The van der Waals surface area contributed by atoms with E-state index in [1.807, 2.05) is 61.5 Å². The average molecular weight is 387 g/mol. The summed E-state index contributed by atoms with van der Waals surface area (Å²) >= 11 is 0. The second-order valence-electron chi connectivity index (χ2n) is 6.47. The largest absolute Gasteiger partial charge is 0.466 e. The summed E-state index contributed by atoms with van der Waals surface area (Å²) in [7, 11) is -3.31. The number of rotatable bonds is 8. The van der Waals surface area contributed by atoms with Crippen molar-refractivity contribution in [3.63, 3.8) is 0 Å². The molecule has 0 spiro atoms. The van der Waals surface area contributed by atoms with Crippen molar-refractivity contribution >= 4 is 24.5 Å². The van der Waals surface area contributed by atoms with Gasteiger partial charge in [0.15, 0.2) is 0 Å². The number of nitrogens with zero attached hydrogens (tertiary/aromatic N) is 1. The molecular formula is C21H26NO4P. The Hall–Kier alpha value is -2.10. The van der Waals surface area contributed by atoms with Gasteiger partial charge in [-0.15, -0.1) is 0 Å². The Kier molecular flexibility index (Phi) is 6.35. The first-order valence-corrected chi connectivity index (χ1v) is 11.0. The minimum atomic E-state index is -3.31. The van der Waals surface area contributed by atoms with Crippen LogP contribution in [0.5, 0.6) is 0 Å². The number of fused-ring (bicyclic) bond motifs is 1. The van der Waals surface area contributed by atoms with Crippen molar-refractivity contribution in [2.24, 2.45) is 0 Å². The first-order chi connectivity index (χ1) is 13.1. The van der Waals surface area contributed by atoms with Crippen LogP contribution in [-0.4, -0.2) is 19.2 Å². The lowest BCUT2D eigenvalue weighted by molar-refractivity contribution is -0.144. The van der Waals surface area contributed by atoms with Gasteiger partial charge in [0.25, 0.3) is 0 Å². The van der Waals surface area contributed by atoms with Crippen molar-refractivity contribution in [2.75, 3.05) is 17.9 Å². The standard InChI is InChI=1S/C21H26NO4P/c1-3-5-15-25-21(23)16-19-18-13-9-10-14-20(18)27(24,26-4-2)22(19)17-11-7-6-8-12-17/h6-14,19H,3-5,15-16H2,1-2H3. The number of esters is 1. The second-order valence-corrected chi connectivity index (χ2v) is 8.68. The molecule has 0 saturated heterocycles. The lowest BCUT2D eigenvalue weighted by atomic mass is 10.0. The second kappa shape index (κ2) is 8.73. The first kappa shape index (κ1) is 19.7. The van der Waals surface area contributed by atoms with Crippen LogP contribution in [0.1, 0.15) is 44.7 Å². The fourth-order valence-corrected chi connectivity index (χ4v) is 6.10. The first-order valence-electron chi connectivity index (χ1n) is 9.46. The molecule has 2 aromatic rings. The maximum absolute atomic E-state index is 14.0. The average Bonchev–Trinajstić information content (AvgIpc) is 2.92. The minimum absolute atomic E-state index is 0.132. The molecule has 1 aliphatic heterocycles. The van der Waals surface area contributed by atoms with E-state index in [4.69, 9.17) is 9.26 Å². The van der Waals surface area contributed by atoms with Crippen molar-refractivity contribution in [3.8, 4) is 0 Å². The molecule has 6 heteroatoms. The third kappa shape index (κ3) is 3.95. The van der Waals surface area contributed by atoms with E-state index in [0.29, 0.717) is 18.5 Å². The van der Waals surface area contributed by atoms with Crippen molar-refractivity contribution in [2.45, 2.75) is 39.2 Å². The molecule has 144 valence electrons. The third-order valence-electron chi connectivity index (χ3n) is 4.62. The molecule has 0 amide bonds. The number of para-hydroxylation sites is 1. The van der Waals surface area contributed by atoms with E-state index in [9.17, 15) is 9.36 Å². The number of carbonyl (C=O) groups is 1. The van der Waals surface area contributed by atoms with Crippen LogP contribution in [0.25, 0.3) is 0 Å². The summed E-state index contributed by atoms with van der Waals surface area (Å²) in [5.74, 6) is -0.283.